The molecule has 2 atom stereocenters. The summed E-state index contributed by atoms with van der Waals surface area (Å²) >= 11 is 3.19. The predicted molar refractivity (Wildman–Crippen MR) is 126 cm³/mol. The number of anilines is 1. The number of hydrazine groups is 1. The fraction of sp³-hybridized carbons (Fsp3) is 0.200. The van der Waals surface area contributed by atoms with Crippen LogP contribution in [0.2, 0.25) is 0 Å². The van der Waals surface area contributed by atoms with Crippen molar-refractivity contribution in [2.24, 2.45) is 4.99 Å². The molecule has 3 aromatic rings. The molecule has 2 aromatic carbocycles. The van der Waals surface area contributed by atoms with E-state index in [2.05, 4.69) is 10.9 Å². The third-order valence-corrected chi connectivity index (χ3v) is 6.76. The lowest BCUT2D eigenvalue weighted by molar-refractivity contribution is 0.489. The summed E-state index contributed by atoms with van der Waals surface area (Å²) in [5.41, 5.74) is 9.42. The van der Waals surface area contributed by atoms with E-state index in [-0.39, 0.29) is 11.4 Å². The van der Waals surface area contributed by atoms with Crippen molar-refractivity contribution in [3.05, 3.63) is 71.2 Å². The van der Waals surface area contributed by atoms with Crippen LogP contribution in [0.5, 0.6) is 0 Å². The van der Waals surface area contributed by atoms with Gasteiger partial charge < -0.3 is 0 Å². The normalized spacial score (nSPS) is 18.6. The summed E-state index contributed by atoms with van der Waals surface area (Å²) < 4.78 is 33.0. The van der Waals surface area contributed by atoms with E-state index in [1.165, 1.54) is 0 Å². The van der Waals surface area contributed by atoms with Crippen LogP contribution in [0.15, 0.2) is 65.0 Å². The Bertz CT molecular complexity index is 1160. The summed E-state index contributed by atoms with van der Waals surface area (Å²) in [5, 5.41) is 3.99. The Balaban J connectivity index is 1.59. The molecule has 1 aliphatic heterocycles. The van der Waals surface area contributed by atoms with E-state index in [0.717, 1.165) is 27.0 Å². The Hall–Kier alpha value is -2.44. The molecule has 0 radical (unpaired) electrons. The van der Waals surface area contributed by atoms with Crippen molar-refractivity contribution in [1.29, 1.82) is 0 Å². The monoisotopic (exact) mass is 475 g/mol. The Morgan fingerprint density at radius 1 is 1.19 bits per heavy atom. The smallest absolute Gasteiger partial charge is 0.299 e. The summed E-state index contributed by atoms with van der Waals surface area (Å²) in [4.78, 5) is 9.71. The van der Waals surface area contributed by atoms with Crippen molar-refractivity contribution < 1.29 is 13.0 Å². The molecule has 31 heavy (non-hydrogen) atoms. The molecule has 0 saturated carbocycles. The molecule has 4 N–H and O–H groups in total. The summed E-state index contributed by atoms with van der Waals surface area (Å²) in [5.74, 6) is 0. The molecule has 0 aliphatic carbocycles. The second-order valence-electron chi connectivity index (χ2n) is 6.90. The zero-order valence-corrected chi connectivity index (χ0v) is 19.0. The fourth-order valence-electron chi connectivity index (χ4n) is 3.04. The number of nitrogens with one attached hydrogen (secondary N) is 3. The number of benzene rings is 2. The first kappa shape index (κ1) is 21.8. The average Bonchev–Trinajstić information content (AvgIpc) is 3.38. The van der Waals surface area contributed by atoms with Gasteiger partial charge in [-0.15, -0.1) is 11.3 Å². The van der Waals surface area contributed by atoms with E-state index in [1.807, 2.05) is 47.4 Å². The van der Waals surface area contributed by atoms with Gasteiger partial charge >= 0.3 is 10.3 Å². The number of aliphatic imine (C=N–C) groups is 1. The zero-order chi connectivity index (χ0) is 21.8. The summed E-state index contributed by atoms with van der Waals surface area (Å²) in [7, 11) is -4.30. The van der Waals surface area contributed by atoms with Gasteiger partial charge in [-0.25, -0.2) is 10.4 Å². The number of hydrogen-bond donors (Lipinski definition) is 4. The highest BCUT2D eigenvalue weighted by atomic mass is 32.2. The van der Waals surface area contributed by atoms with Crippen LogP contribution in [0.4, 0.5) is 5.69 Å². The minimum absolute atomic E-state index is 0.212. The number of thiazole rings is 1. The number of nitrogens with zero attached hydrogens (tertiary/aromatic N) is 2. The first-order valence-electron chi connectivity index (χ1n) is 9.47. The summed E-state index contributed by atoms with van der Waals surface area (Å²) in [6.45, 7) is 2.05. The van der Waals surface area contributed by atoms with Crippen LogP contribution < -0.4 is 15.6 Å². The molecule has 1 aliphatic rings. The van der Waals surface area contributed by atoms with Crippen LogP contribution in [-0.2, 0) is 16.7 Å². The highest BCUT2D eigenvalue weighted by molar-refractivity contribution is 8.14. The largest absolute Gasteiger partial charge is 0.357 e. The maximum absolute atomic E-state index is 11.0. The molecular formula is C20H21N5O3S3. The molecule has 4 rings (SSSR count). The highest BCUT2D eigenvalue weighted by Gasteiger charge is 2.21. The van der Waals surface area contributed by atoms with E-state index in [4.69, 9.17) is 14.5 Å². The molecule has 1 saturated heterocycles. The molecule has 1 aromatic heterocycles. The van der Waals surface area contributed by atoms with Gasteiger partial charge in [0.1, 0.15) is 5.01 Å². The number of rotatable bonds is 7. The Morgan fingerprint density at radius 3 is 2.58 bits per heavy atom. The average molecular weight is 476 g/mol. The summed E-state index contributed by atoms with van der Waals surface area (Å²) in [6.07, 6.45) is 0.588. The van der Waals surface area contributed by atoms with Crippen LogP contribution in [0.25, 0.3) is 10.6 Å². The lowest BCUT2D eigenvalue weighted by atomic mass is 10.0. The molecule has 2 heterocycles. The first-order chi connectivity index (χ1) is 14.9. The molecule has 0 amide bonds. The lowest BCUT2D eigenvalue weighted by Crippen LogP contribution is -2.30. The third kappa shape index (κ3) is 6.05. The third-order valence-electron chi connectivity index (χ3n) is 4.46. The molecule has 1 unspecified atom stereocenters. The first-order valence-corrected chi connectivity index (χ1v) is 12.7. The predicted octanol–water partition coefficient (Wildman–Crippen LogP) is 3.85. The maximum atomic E-state index is 11.0. The number of hydrogen-bond acceptors (Lipinski definition) is 7. The standard InChI is InChI=1S/C20H21N5O3S3/c1-13-23-24-20(30-13)22-17(11-14-7-9-16(10-8-14)25-31(26,27)28)18-12-29-19(21-18)15-5-3-2-4-6-15/h2-10,12-13,17,23,25H,11H2,1H3,(H,22,24)(H,26,27,28)/t13?,17-/m0/s1. The Kier molecular flexibility index (Phi) is 6.58. The van der Waals surface area contributed by atoms with Gasteiger partial charge in [-0.1, -0.05) is 54.2 Å². The van der Waals surface area contributed by atoms with E-state index in [1.54, 1.807) is 47.4 Å². The topological polar surface area (TPSA) is 116 Å². The molecule has 0 bridgehead atoms. The quantitative estimate of drug-likeness (QED) is 0.384. The highest BCUT2D eigenvalue weighted by Crippen LogP contribution is 2.31. The minimum atomic E-state index is -4.30. The number of thioether (sulfide) groups is 1. The maximum Gasteiger partial charge on any atom is 0.357 e. The van der Waals surface area contributed by atoms with E-state index in [9.17, 15) is 8.42 Å². The van der Waals surface area contributed by atoms with Crippen LogP contribution in [0.1, 0.15) is 24.2 Å². The number of aromatic nitrogens is 1. The van der Waals surface area contributed by atoms with E-state index in [0.29, 0.717) is 12.1 Å². The number of amidine groups is 1. The molecule has 1 fully saturated rings. The van der Waals surface area contributed by atoms with Gasteiger partial charge in [0.15, 0.2) is 5.17 Å². The lowest BCUT2D eigenvalue weighted by Gasteiger charge is -2.12. The van der Waals surface area contributed by atoms with Gasteiger partial charge in [0.2, 0.25) is 0 Å². The second kappa shape index (κ2) is 9.37. The van der Waals surface area contributed by atoms with E-state index >= 15 is 0 Å². The van der Waals surface area contributed by atoms with E-state index < -0.39 is 10.3 Å². The SMILES string of the molecule is CC1NNC(=N[C@@H](Cc2ccc(NS(=O)(=O)O)cc2)c2csc(-c3ccccc3)n2)S1. The van der Waals surface area contributed by atoms with Gasteiger partial charge in [0.05, 0.1) is 22.8 Å². The van der Waals surface area contributed by atoms with Gasteiger partial charge in [-0.05, 0) is 24.6 Å². The Morgan fingerprint density at radius 2 is 1.94 bits per heavy atom. The molecule has 162 valence electrons. The van der Waals surface area contributed by atoms with Crippen molar-refractivity contribution in [2.45, 2.75) is 24.8 Å². The van der Waals surface area contributed by atoms with Gasteiger partial charge in [-0.3, -0.25) is 19.7 Å². The summed E-state index contributed by atoms with van der Waals surface area (Å²) in [6, 6.07) is 16.6. The van der Waals surface area contributed by atoms with Crippen molar-refractivity contribution in [1.82, 2.24) is 15.8 Å². The van der Waals surface area contributed by atoms with Crippen molar-refractivity contribution in [3.63, 3.8) is 0 Å². The van der Waals surface area contributed by atoms with Crippen LogP contribution in [-0.4, -0.2) is 28.5 Å². The molecule has 0 spiro atoms. The molecule has 8 nitrogen and oxygen atoms in total. The van der Waals surface area contributed by atoms with Gasteiger partial charge in [0, 0.05) is 17.4 Å². The Labute approximate surface area is 189 Å². The minimum Gasteiger partial charge on any atom is -0.299 e. The second-order valence-corrected chi connectivity index (χ2v) is 10.2. The van der Waals surface area contributed by atoms with Crippen LogP contribution in [0, 0.1) is 0 Å². The molecule has 11 heteroatoms. The van der Waals surface area contributed by atoms with Crippen molar-refractivity contribution >= 4 is 44.3 Å². The van der Waals surface area contributed by atoms with Crippen molar-refractivity contribution in [3.8, 4) is 10.6 Å². The van der Waals surface area contributed by atoms with Crippen molar-refractivity contribution in [2.75, 3.05) is 4.72 Å². The van der Waals surface area contributed by atoms with Gasteiger partial charge in [0.25, 0.3) is 0 Å². The van der Waals surface area contributed by atoms with Gasteiger partial charge in [-0.2, -0.15) is 8.42 Å². The molecular weight excluding hydrogens is 454 g/mol. The zero-order valence-electron chi connectivity index (χ0n) is 16.5. The fourth-order valence-corrected chi connectivity index (χ4v) is 5.11. The van der Waals surface area contributed by atoms with Crippen LogP contribution in [0.3, 0.4) is 0 Å². The van der Waals surface area contributed by atoms with Crippen LogP contribution >= 0.6 is 23.1 Å².